The molecule has 36 heavy (non-hydrogen) atoms. The molecule has 0 fully saturated rings. The number of hydrogen-bond donors (Lipinski definition) is 1. The Hall–Kier alpha value is -3.33. The zero-order valence-electron chi connectivity index (χ0n) is 21.3. The standard InChI is InChI=1S/C25H25F3N4O2.C2H6/c1-13-5-6-15(8-20(27)28)16(7-13)12-32-14(2)22(33)18-9-19(26)21(31-23(18)32)17-10-29-24(30-11-17)25(3,4)34;1-2/h5-7,9-11,14,20,34H,8,12H2,1-4H3;1-2H3. The molecule has 0 bridgehead atoms. The van der Waals surface area contributed by atoms with Crippen LogP contribution >= 0.6 is 0 Å². The fourth-order valence-electron chi connectivity index (χ4n) is 4.06. The van der Waals surface area contributed by atoms with E-state index in [0.29, 0.717) is 11.1 Å². The Morgan fingerprint density at radius 3 is 2.33 bits per heavy atom. The van der Waals surface area contributed by atoms with Gasteiger partial charge in [-0.05, 0) is 44.9 Å². The second-order valence-electron chi connectivity index (χ2n) is 9.08. The fraction of sp³-hybridized carbons (Fsp3) is 0.407. The predicted molar refractivity (Wildman–Crippen MR) is 133 cm³/mol. The van der Waals surface area contributed by atoms with Gasteiger partial charge in [0.05, 0.1) is 11.6 Å². The molecule has 0 aliphatic carbocycles. The molecule has 1 atom stereocenters. The van der Waals surface area contributed by atoms with Crippen molar-refractivity contribution in [3.63, 3.8) is 0 Å². The van der Waals surface area contributed by atoms with Gasteiger partial charge in [0.2, 0.25) is 6.43 Å². The van der Waals surface area contributed by atoms with Gasteiger partial charge in [0.25, 0.3) is 0 Å². The summed E-state index contributed by atoms with van der Waals surface area (Å²) < 4.78 is 41.2. The van der Waals surface area contributed by atoms with E-state index in [2.05, 4.69) is 15.0 Å². The lowest BCUT2D eigenvalue weighted by molar-refractivity contribution is 0.0687. The molecule has 1 aliphatic heterocycles. The average Bonchev–Trinajstić information content (AvgIpc) is 3.05. The van der Waals surface area contributed by atoms with E-state index in [1.807, 2.05) is 26.8 Å². The molecule has 0 spiro atoms. The minimum atomic E-state index is -2.50. The van der Waals surface area contributed by atoms with Gasteiger partial charge in [0.15, 0.2) is 11.6 Å². The van der Waals surface area contributed by atoms with Crippen LogP contribution in [0.2, 0.25) is 0 Å². The van der Waals surface area contributed by atoms with E-state index in [9.17, 15) is 23.1 Å². The third-order valence-electron chi connectivity index (χ3n) is 5.89. The number of rotatable bonds is 6. The van der Waals surface area contributed by atoms with E-state index in [0.717, 1.165) is 11.6 Å². The number of fused-ring (bicyclic) bond motifs is 1. The van der Waals surface area contributed by atoms with Crippen LogP contribution in [0.15, 0.2) is 36.7 Å². The lowest BCUT2D eigenvalue weighted by atomic mass is 10.0. The Labute approximate surface area is 209 Å². The summed E-state index contributed by atoms with van der Waals surface area (Å²) >= 11 is 0. The van der Waals surface area contributed by atoms with Gasteiger partial charge in [0.1, 0.15) is 22.9 Å². The van der Waals surface area contributed by atoms with Crippen molar-refractivity contribution in [2.24, 2.45) is 0 Å². The minimum Gasteiger partial charge on any atom is -0.382 e. The van der Waals surface area contributed by atoms with Crippen molar-refractivity contribution in [2.45, 2.75) is 72.6 Å². The molecule has 1 unspecified atom stereocenters. The quantitative estimate of drug-likeness (QED) is 0.472. The average molecular weight is 501 g/mol. The molecular weight excluding hydrogens is 469 g/mol. The van der Waals surface area contributed by atoms with Crippen LogP contribution in [0.4, 0.5) is 19.0 Å². The first kappa shape index (κ1) is 27.3. The van der Waals surface area contributed by atoms with Crippen LogP contribution in [0.3, 0.4) is 0 Å². The van der Waals surface area contributed by atoms with E-state index < -0.39 is 30.3 Å². The van der Waals surface area contributed by atoms with Crippen LogP contribution in [-0.4, -0.2) is 38.3 Å². The zero-order valence-corrected chi connectivity index (χ0v) is 21.3. The van der Waals surface area contributed by atoms with Crippen molar-refractivity contribution in [1.82, 2.24) is 15.0 Å². The van der Waals surface area contributed by atoms with Gasteiger partial charge >= 0.3 is 0 Å². The van der Waals surface area contributed by atoms with Crippen molar-refractivity contribution in [3.05, 3.63) is 70.6 Å². The summed E-state index contributed by atoms with van der Waals surface area (Å²) in [5.74, 6) is -0.529. The summed E-state index contributed by atoms with van der Waals surface area (Å²) in [6, 6.07) is 5.78. The second kappa shape index (κ2) is 10.7. The molecule has 3 heterocycles. The van der Waals surface area contributed by atoms with Gasteiger partial charge in [-0.1, -0.05) is 37.6 Å². The van der Waals surface area contributed by atoms with Gasteiger partial charge in [-0.25, -0.2) is 28.1 Å². The highest BCUT2D eigenvalue weighted by molar-refractivity contribution is 6.10. The highest BCUT2D eigenvalue weighted by Gasteiger charge is 2.37. The third-order valence-corrected chi connectivity index (χ3v) is 5.89. The number of anilines is 1. The predicted octanol–water partition coefficient (Wildman–Crippen LogP) is 5.64. The van der Waals surface area contributed by atoms with Crippen molar-refractivity contribution in [2.75, 3.05) is 4.90 Å². The van der Waals surface area contributed by atoms with Gasteiger partial charge in [0, 0.05) is 30.9 Å². The maximum absolute atomic E-state index is 15.0. The maximum Gasteiger partial charge on any atom is 0.242 e. The van der Waals surface area contributed by atoms with Gasteiger partial charge < -0.3 is 10.0 Å². The first-order valence-corrected chi connectivity index (χ1v) is 11.9. The summed E-state index contributed by atoms with van der Waals surface area (Å²) in [7, 11) is 0. The topological polar surface area (TPSA) is 79.2 Å². The van der Waals surface area contributed by atoms with Crippen molar-refractivity contribution >= 4 is 11.6 Å². The molecule has 1 aliphatic rings. The molecule has 0 radical (unpaired) electrons. The van der Waals surface area contributed by atoms with E-state index in [1.165, 1.54) is 26.2 Å². The lowest BCUT2D eigenvalue weighted by Gasteiger charge is -2.25. The van der Waals surface area contributed by atoms with Crippen LogP contribution in [0.1, 0.15) is 67.5 Å². The van der Waals surface area contributed by atoms with Gasteiger partial charge in [-0.15, -0.1) is 0 Å². The molecule has 6 nitrogen and oxygen atoms in total. The van der Waals surface area contributed by atoms with Crippen LogP contribution in [0, 0.1) is 12.7 Å². The number of halogens is 3. The SMILES string of the molecule is CC.Cc1ccc(CC(F)F)c(CN2c3nc(-c4cnc(C(C)(C)O)nc4)c(F)cc3C(=O)C2C)c1. The molecule has 0 saturated carbocycles. The molecule has 3 aromatic rings. The molecular formula is C27H31F3N4O2. The van der Waals surface area contributed by atoms with Gasteiger partial charge in [-0.3, -0.25) is 4.79 Å². The lowest BCUT2D eigenvalue weighted by Crippen LogP contribution is -2.32. The number of aromatic nitrogens is 3. The highest BCUT2D eigenvalue weighted by Crippen LogP contribution is 2.36. The number of ketones is 1. The van der Waals surface area contributed by atoms with Gasteiger partial charge in [-0.2, -0.15) is 0 Å². The smallest absolute Gasteiger partial charge is 0.242 e. The summed E-state index contributed by atoms with van der Waals surface area (Å²) in [6.45, 7) is 10.8. The summed E-state index contributed by atoms with van der Waals surface area (Å²) in [5.41, 5.74) is 1.20. The highest BCUT2D eigenvalue weighted by atomic mass is 19.3. The summed E-state index contributed by atoms with van der Waals surface area (Å²) in [6.07, 6.45) is -0.170. The van der Waals surface area contributed by atoms with E-state index in [-0.39, 0.29) is 40.8 Å². The molecule has 0 amide bonds. The van der Waals surface area contributed by atoms with E-state index >= 15 is 0 Å². The Morgan fingerprint density at radius 2 is 1.75 bits per heavy atom. The van der Waals surface area contributed by atoms with E-state index in [1.54, 1.807) is 24.0 Å². The number of carbonyl (C=O) groups is 1. The van der Waals surface area contributed by atoms with Crippen molar-refractivity contribution < 1.29 is 23.1 Å². The number of alkyl halides is 2. The van der Waals surface area contributed by atoms with Crippen LogP contribution in [0.5, 0.6) is 0 Å². The summed E-state index contributed by atoms with van der Waals surface area (Å²) in [4.78, 5) is 27.2. The molecule has 192 valence electrons. The number of carbonyl (C=O) groups excluding carboxylic acids is 1. The molecule has 2 aromatic heterocycles. The number of Topliss-reactive ketones (excluding diaryl/α,β-unsaturated/α-hetero) is 1. The third kappa shape index (κ3) is 5.56. The van der Waals surface area contributed by atoms with Crippen LogP contribution in [0.25, 0.3) is 11.3 Å². The van der Waals surface area contributed by atoms with Crippen molar-refractivity contribution in [3.8, 4) is 11.3 Å². The number of benzene rings is 1. The Balaban J connectivity index is 0.00000176. The number of nitrogens with zero attached hydrogens (tertiary/aromatic N) is 4. The van der Waals surface area contributed by atoms with Crippen LogP contribution < -0.4 is 4.90 Å². The number of aliphatic hydroxyl groups is 1. The van der Waals surface area contributed by atoms with Crippen molar-refractivity contribution in [1.29, 1.82) is 0 Å². The zero-order chi connectivity index (χ0) is 26.8. The summed E-state index contributed by atoms with van der Waals surface area (Å²) in [5, 5.41) is 10.1. The first-order valence-electron chi connectivity index (χ1n) is 11.9. The largest absolute Gasteiger partial charge is 0.382 e. The Morgan fingerprint density at radius 1 is 1.11 bits per heavy atom. The first-order chi connectivity index (χ1) is 17.0. The molecule has 4 rings (SSSR count). The minimum absolute atomic E-state index is 0.0370. The number of aryl methyl sites for hydroxylation is 1. The number of hydrogen-bond acceptors (Lipinski definition) is 6. The van der Waals surface area contributed by atoms with Crippen LogP contribution in [-0.2, 0) is 18.6 Å². The monoisotopic (exact) mass is 500 g/mol. The van der Waals surface area contributed by atoms with E-state index in [4.69, 9.17) is 0 Å². The normalized spacial score (nSPS) is 15.1. The Kier molecular flexibility index (Phi) is 8.13. The molecule has 9 heteroatoms. The number of pyridine rings is 1. The second-order valence-corrected chi connectivity index (χ2v) is 9.08. The maximum atomic E-state index is 15.0. The Bertz CT molecular complexity index is 1240. The fourth-order valence-corrected chi connectivity index (χ4v) is 4.06. The molecule has 1 aromatic carbocycles. The molecule has 0 saturated heterocycles. The molecule has 1 N–H and O–H groups in total.